The van der Waals surface area contributed by atoms with Crippen LogP contribution in [0.3, 0.4) is 0 Å². The highest BCUT2D eigenvalue weighted by Crippen LogP contribution is 2.36. The molecule has 98 valence electrons. The van der Waals surface area contributed by atoms with Crippen molar-refractivity contribution in [3.63, 3.8) is 0 Å². The number of likely N-dealkylation sites (tertiary alicyclic amines) is 1. The van der Waals surface area contributed by atoms with Crippen molar-refractivity contribution < 1.29 is 0 Å². The van der Waals surface area contributed by atoms with E-state index in [9.17, 15) is 0 Å². The lowest BCUT2D eigenvalue weighted by Crippen LogP contribution is -2.41. The fourth-order valence-corrected chi connectivity index (χ4v) is 3.58. The van der Waals surface area contributed by atoms with E-state index in [1.165, 1.54) is 45.2 Å². The number of hydrogen-bond acceptors (Lipinski definition) is 3. The predicted molar refractivity (Wildman–Crippen MR) is 74.0 cm³/mol. The van der Waals surface area contributed by atoms with Crippen LogP contribution in [0.4, 0.5) is 5.69 Å². The van der Waals surface area contributed by atoms with Gasteiger partial charge in [0, 0.05) is 13.1 Å². The number of rotatable bonds is 2. The maximum Gasteiger partial charge on any atom is 0.0545 e. The molecule has 1 aliphatic carbocycles. The Labute approximate surface area is 109 Å². The fraction of sp³-hybridized carbons (Fsp3) is 0.667. The molecule has 0 spiro atoms. The second-order valence-electron chi connectivity index (χ2n) is 5.91. The van der Waals surface area contributed by atoms with Crippen molar-refractivity contribution in [1.82, 2.24) is 9.88 Å². The molecule has 1 saturated heterocycles. The SMILES string of the molecule is Nc1ccc(CN2CCC3CCCCC3C2)nc1. The zero-order chi connectivity index (χ0) is 12.4. The summed E-state index contributed by atoms with van der Waals surface area (Å²) in [6.07, 6.45) is 8.97. The summed E-state index contributed by atoms with van der Waals surface area (Å²) >= 11 is 0. The van der Waals surface area contributed by atoms with Gasteiger partial charge in [-0.3, -0.25) is 9.88 Å². The maximum atomic E-state index is 5.67. The molecule has 3 nitrogen and oxygen atoms in total. The monoisotopic (exact) mass is 245 g/mol. The molecule has 3 rings (SSSR count). The van der Waals surface area contributed by atoms with E-state index in [0.717, 1.165) is 29.8 Å². The van der Waals surface area contributed by atoms with Crippen LogP contribution in [0.1, 0.15) is 37.8 Å². The normalized spacial score (nSPS) is 28.9. The third-order valence-corrected chi connectivity index (χ3v) is 4.61. The molecule has 2 heterocycles. The number of hydrogen-bond donors (Lipinski definition) is 1. The van der Waals surface area contributed by atoms with Crippen LogP contribution in [-0.4, -0.2) is 23.0 Å². The minimum absolute atomic E-state index is 0.754. The standard InChI is InChI=1S/C15H23N3/c16-14-5-6-15(17-9-14)11-18-8-7-12-3-1-2-4-13(12)10-18/h5-6,9,12-13H,1-4,7-8,10-11,16H2. The maximum absolute atomic E-state index is 5.67. The number of nitrogens with zero attached hydrogens (tertiary/aromatic N) is 2. The molecule has 0 amide bonds. The van der Waals surface area contributed by atoms with Crippen molar-refractivity contribution in [1.29, 1.82) is 0 Å². The Hall–Kier alpha value is -1.09. The molecule has 1 aromatic rings. The van der Waals surface area contributed by atoms with Crippen molar-refractivity contribution in [3.8, 4) is 0 Å². The molecule has 1 saturated carbocycles. The molecule has 0 bridgehead atoms. The van der Waals surface area contributed by atoms with E-state index in [1.54, 1.807) is 6.20 Å². The molecule has 3 heteroatoms. The number of fused-ring (bicyclic) bond motifs is 1. The average Bonchev–Trinajstić information content (AvgIpc) is 2.41. The summed E-state index contributed by atoms with van der Waals surface area (Å²) in [6.45, 7) is 3.51. The average molecular weight is 245 g/mol. The Morgan fingerprint density at radius 2 is 2.00 bits per heavy atom. The summed E-state index contributed by atoms with van der Waals surface area (Å²) in [5.74, 6) is 1.95. The van der Waals surface area contributed by atoms with Gasteiger partial charge in [0.2, 0.25) is 0 Å². The highest BCUT2D eigenvalue weighted by atomic mass is 15.1. The minimum Gasteiger partial charge on any atom is -0.397 e. The summed E-state index contributed by atoms with van der Waals surface area (Å²) < 4.78 is 0. The van der Waals surface area contributed by atoms with E-state index in [1.807, 2.05) is 6.07 Å². The smallest absolute Gasteiger partial charge is 0.0545 e. The number of aromatic nitrogens is 1. The van der Waals surface area contributed by atoms with Gasteiger partial charge in [-0.15, -0.1) is 0 Å². The second-order valence-corrected chi connectivity index (χ2v) is 5.91. The Morgan fingerprint density at radius 3 is 2.78 bits per heavy atom. The van der Waals surface area contributed by atoms with Gasteiger partial charge in [0.05, 0.1) is 17.6 Å². The molecule has 2 N–H and O–H groups in total. The summed E-state index contributed by atoms with van der Waals surface area (Å²) in [4.78, 5) is 6.98. The molecule has 0 aromatic carbocycles. The number of pyridine rings is 1. The Bertz CT molecular complexity index is 387. The molecule has 1 aromatic heterocycles. The van der Waals surface area contributed by atoms with E-state index < -0.39 is 0 Å². The zero-order valence-corrected chi connectivity index (χ0v) is 11.0. The van der Waals surface area contributed by atoms with Crippen molar-refractivity contribution in [2.24, 2.45) is 11.8 Å². The van der Waals surface area contributed by atoms with Crippen LogP contribution in [0, 0.1) is 11.8 Å². The highest BCUT2D eigenvalue weighted by Gasteiger charge is 2.30. The molecule has 2 fully saturated rings. The first kappa shape index (κ1) is 12.0. The lowest BCUT2D eigenvalue weighted by Gasteiger charge is -2.41. The third kappa shape index (κ3) is 2.66. The first-order chi connectivity index (χ1) is 8.81. The minimum atomic E-state index is 0.754. The van der Waals surface area contributed by atoms with E-state index in [2.05, 4.69) is 16.0 Å². The van der Waals surface area contributed by atoms with Gasteiger partial charge in [0.15, 0.2) is 0 Å². The molecule has 2 aliphatic rings. The van der Waals surface area contributed by atoms with Crippen LogP contribution in [0.25, 0.3) is 0 Å². The van der Waals surface area contributed by atoms with Crippen LogP contribution in [0.15, 0.2) is 18.3 Å². The topological polar surface area (TPSA) is 42.1 Å². The second kappa shape index (κ2) is 5.27. The van der Waals surface area contributed by atoms with Crippen molar-refractivity contribution >= 4 is 5.69 Å². The number of piperidine rings is 1. The Morgan fingerprint density at radius 1 is 1.17 bits per heavy atom. The van der Waals surface area contributed by atoms with Crippen molar-refractivity contribution in [3.05, 3.63) is 24.0 Å². The van der Waals surface area contributed by atoms with E-state index in [0.29, 0.717) is 0 Å². The number of nitrogen functional groups attached to an aromatic ring is 1. The van der Waals surface area contributed by atoms with Crippen LogP contribution in [-0.2, 0) is 6.54 Å². The van der Waals surface area contributed by atoms with Gasteiger partial charge < -0.3 is 5.73 Å². The van der Waals surface area contributed by atoms with E-state index in [4.69, 9.17) is 5.73 Å². The first-order valence-corrected chi connectivity index (χ1v) is 7.24. The van der Waals surface area contributed by atoms with Gasteiger partial charge in [-0.25, -0.2) is 0 Å². The Balaban J connectivity index is 1.59. The largest absolute Gasteiger partial charge is 0.397 e. The molecular formula is C15H23N3. The van der Waals surface area contributed by atoms with Crippen LogP contribution in [0.5, 0.6) is 0 Å². The van der Waals surface area contributed by atoms with Gasteiger partial charge in [-0.2, -0.15) is 0 Å². The van der Waals surface area contributed by atoms with E-state index >= 15 is 0 Å². The third-order valence-electron chi connectivity index (χ3n) is 4.61. The van der Waals surface area contributed by atoms with Gasteiger partial charge in [-0.05, 0) is 43.4 Å². The molecule has 1 aliphatic heterocycles. The molecular weight excluding hydrogens is 222 g/mol. The molecule has 18 heavy (non-hydrogen) atoms. The summed E-state index contributed by atoms with van der Waals surface area (Å²) in [7, 11) is 0. The number of anilines is 1. The van der Waals surface area contributed by atoms with Crippen LogP contribution >= 0.6 is 0 Å². The highest BCUT2D eigenvalue weighted by molar-refractivity contribution is 5.34. The quantitative estimate of drug-likeness (QED) is 0.871. The van der Waals surface area contributed by atoms with Crippen LogP contribution < -0.4 is 5.73 Å². The number of nitrogens with two attached hydrogens (primary N) is 1. The van der Waals surface area contributed by atoms with Gasteiger partial charge in [0.1, 0.15) is 0 Å². The molecule has 0 radical (unpaired) electrons. The lowest BCUT2D eigenvalue weighted by atomic mass is 9.75. The lowest BCUT2D eigenvalue weighted by molar-refractivity contribution is 0.0812. The summed E-state index contributed by atoms with van der Waals surface area (Å²) in [5.41, 5.74) is 7.58. The van der Waals surface area contributed by atoms with Crippen LogP contribution in [0.2, 0.25) is 0 Å². The summed E-state index contributed by atoms with van der Waals surface area (Å²) in [5, 5.41) is 0. The summed E-state index contributed by atoms with van der Waals surface area (Å²) in [6, 6.07) is 4.01. The van der Waals surface area contributed by atoms with Gasteiger partial charge in [0.25, 0.3) is 0 Å². The van der Waals surface area contributed by atoms with Crippen molar-refractivity contribution in [2.45, 2.75) is 38.6 Å². The Kier molecular flexibility index (Phi) is 3.50. The van der Waals surface area contributed by atoms with Gasteiger partial charge in [-0.1, -0.05) is 19.3 Å². The van der Waals surface area contributed by atoms with E-state index in [-0.39, 0.29) is 0 Å². The van der Waals surface area contributed by atoms with Gasteiger partial charge >= 0.3 is 0 Å². The predicted octanol–water partition coefficient (Wildman–Crippen LogP) is 2.68. The van der Waals surface area contributed by atoms with Crippen molar-refractivity contribution in [2.75, 3.05) is 18.8 Å². The molecule has 2 atom stereocenters. The molecule has 2 unspecified atom stereocenters. The first-order valence-electron chi connectivity index (χ1n) is 7.24. The fourth-order valence-electron chi connectivity index (χ4n) is 3.58. The zero-order valence-electron chi connectivity index (χ0n) is 11.0.